The molecule has 0 amide bonds. The standard InChI is InChI=1S/C22H23BrN2O/c1-13-7-8-16-17(9-13)25-21(14-5-4-6-15(23)10-14)20-18(24-16)11-22(2,3)12-19(20)26/h4-11,20-21,24-25H,12H2,1-3H3. The summed E-state index contributed by atoms with van der Waals surface area (Å²) in [7, 11) is 0. The summed E-state index contributed by atoms with van der Waals surface area (Å²) in [6.45, 7) is 6.33. The molecule has 0 spiro atoms. The summed E-state index contributed by atoms with van der Waals surface area (Å²) in [6, 6.07) is 14.5. The second-order valence-corrected chi connectivity index (χ2v) is 8.98. The highest BCUT2D eigenvalue weighted by molar-refractivity contribution is 9.10. The molecule has 1 aliphatic heterocycles. The largest absolute Gasteiger partial charge is 0.375 e. The topological polar surface area (TPSA) is 41.1 Å². The number of carbonyl (C=O) groups excluding carboxylic acids is 1. The summed E-state index contributed by atoms with van der Waals surface area (Å²) in [4.78, 5) is 13.2. The number of nitrogens with one attached hydrogen (secondary N) is 2. The van der Waals surface area contributed by atoms with E-state index in [0.29, 0.717) is 6.42 Å². The minimum Gasteiger partial charge on any atom is -0.375 e. The number of halogens is 1. The van der Waals surface area contributed by atoms with Crippen molar-refractivity contribution in [2.75, 3.05) is 10.6 Å². The number of allylic oxidation sites excluding steroid dienone is 1. The molecule has 0 saturated carbocycles. The zero-order valence-corrected chi connectivity index (χ0v) is 16.9. The fourth-order valence-corrected chi connectivity index (χ4v) is 4.46. The van der Waals surface area contributed by atoms with Gasteiger partial charge in [-0.25, -0.2) is 0 Å². The Hall–Kier alpha value is -2.07. The smallest absolute Gasteiger partial charge is 0.145 e. The molecule has 0 aromatic heterocycles. The molecule has 3 nitrogen and oxygen atoms in total. The molecule has 26 heavy (non-hydrogen) atoms. The van der Waals surface area contributed by atoms with E-state index >= 15 is 0 Å². The third kappa shape index (κ3) is 3.18. The molecule has 2 aromatic rings. The summed E-state index contributed by atoms with van der Waals surface area (Å²) < 4.78 is 1.02. The number of carbonyl (C=O) groups is 1. The highest BCUT2D eigenvalue weighted by Gasteiger charge is 2.41. The van der Waals surface area contributed by atoms with Gasteiger partial charge in [-0.2, -0.15) is 0 Å². The van der Waals surface area contributed by atoms with Crippen LogP contribution in [0.2, 0.25) is 0 Å². The van der Waals surface area contributed by atoms with Crippen LogP contribution in [-0.2, 0) is 4.79 Å². The monoisotopic (exact) mass is 410 g/mol. The highest BCUT2D eigenvalue weighted by Crippen LogP contribution is 2.45. The number of ketones is 1. The number of fused-ring (bicyclic) bond motifs is 2. The molecule has 4 heteroatoms. The SMILES string of the molecule is Cc1ccc2c(c1)NC(c1cccc(Br)c1)C1C(=O)CC(C)(C)C=C1N2. The number of rotatable bonds is 1. The van der Waals surface area contributed by atoms with Gasteiger partial charge in [0.1, 0.15) is 5.78 Å². The zero-order chi connectivity index (χ0) is 18.5. The minimum absolute atomic E-state index is 0.0992. The van der Waals surface area contributed by atoms with Crippen LogP contribution in [0.15, 0.2) is 58.7 Å². The van der Waals surface area contributed by atoms with Crippen molar-refractivity contribution in [3.63, 3.8) is 0 Å². The maximum absolute atomic E-state index is 13.2. The molecule has 134 valence electrons. The van der Waals surface area contributed by atoms with Crippen molar-refractivity contribution in [2.45, 2.75) is 33.2 Å². The fourth-order valence-electron chi connectivity index (χ4n) is 4.04. The van der Waals surface area contributed by atoms with E-state index in [0.717, 1.165) is 27.1 Å². The lowest BCUT2D eigenvalue weighted by Gasteiger charge is -2.35. The Balaban J connectivity index is 1.89. The molecule has 2 unspecified atom stereocenters. The van der Waals surface area contributed by atoms with Crippen molar-refractivity contribution in [1.29, 1.82) is 0 Å². The summed E-state index contributed by atoms with van der Waals surface area (Å²) >= 11 is 3.57. The van der Waals surface area contributed by atoms with E-state index < -0.39 is 0 Å². The number of aryl methyl sites for hydroxylation is 1. The van der Waals surface area contributed by atoms with Gasteiger partial charge in [0.05, 0.1) is 23.3 Å². The molecule has 0 radical (unpaired) electrons. The maximum atomic E-state index is 13.2. The van der Waals surface area contributed by atoms with E-state index in [1.165, 1.54) is 5.56 Å². The van der Waals surface area contributed by atoms with Crippen LogP contribution >= 0.6 is 15.9 Å². The van der Waals surface area contributed by atoms with Crippen LogP contribution in [0, 0.1) is 18.3 Å². The Morgan fingerprint density at radius 1 is 1.12 bits per heavy atom. The van der Waals surface area contributed by atoms with Crippen molar-refractivity contribution in [3.05, 3.63) is 69.8 Å². The van der Waals surface area contributed by atoms with E-state index in [1.54, 1.807) is 0 Å². The highest BCUT2D eigenvalue weighted by atomic mass is 79.9. The van der Waals surface area contributed by atoms with Crippen LogP contribution in [0.4, 0.5) is 11.4 Å². The van der Waals surface area contributed by atoms with Gasteiger partial charge < -0.3 is 10.6 Å². The Morgan fingerprint density at radius 3 is 2.69 bits per heavy atom. The Kier molecular flexibility index (Phi) is 4.19. The lowest BCUT2D eigenvalue weighted by Crippen LogP contribution is -2.36. The van der Waals surface area contributed by atoms with E-state index in [2.05, 4.69) is 83.7 Å². The molecule has 0 fully saturated rings. The van der Waals surface area contributed by atoms with Gasteiger partial charge in [0.2, 0.25) is 0 Å². The Bertz CT molecular complexity index is 916. The predicted molar refractivity (Wildman–Crippen MR) is 110 cm³/mol. The van der Waals surface area contributed by atoms with Gasteiger partial charge in [0.25, 0.3) is 0 Å². The van der Waals surface area contributed by atoms with E-state index in [1.807, 2.05) is 12.1 Å². The van der Waals surface area contributed by atoms with Crippen molar-refractivity contribution in [3.8, 4) is 0 Å². The lowest BCUT2D eigenvalue weighted by atomic mass is 9.72. The maximum Gasteiger partial charge on any atom is 0.145 e. The lowest BCUT2D eigenvalue weighted by molar-refractivity contribution is -0.124. The third-order valence-electron chi connectivity index (χ3n) is 5.16. The summed E-state index contributed by atoms with van der Waals surface area (Å²) in [5, 5.41) is 7.21. The van der Waals surface area contributed by atoms with Gasteiger partial charge in [-0.3, -0.25) is 4.79 Å². The van der Waals surface area contributed by atoms with Gasteiger partial charge in [-0.15, -0.1) is 0 Å². The molecule has 1 heterocycles. The van der Waals surface area contributed by atoms with E-state index in [9.17, 15) is 4.79 Å². The minimum atomic E-state index is -0.218. The van der Waals surface area contributed by atoms with Crippen LogP contribution in [0.1, 0.15) is 37.4 Å². The molecule has 4 rings (SSSR count). The third-order valence-corrected chi connectivity index (χ3v) is 5.66. The first-order valence-corrected chi connectivity index (χ1v) is 9.77. The first-order chi connectivity index (χ1) is 12.3. The average Bonchev–Trinajstić information content (AvgIpc) is 2.70. The van der Waals surface area contributed by atoms with Gasteiger partial charge >= 0.3 is 0 Å². The number of benzene rings is 2. The van der Waals surface area contributed by atoms with Gasteiger partial charge in [0, 0.05) is 16.6 Å². The molecule has 0 saturated heterocycles. The number of Topliss-reactive ketones (excluding diaryl/α,β-unsaturated/α-hetero) is 1. The van der Waals surface area contributed by atoms with Crippen LogP contribution in [0.3, 0.4) is 0 Å². The fraction of sp³-hybridized carbons (Fsp3) is 0.318. The van der Waals surface area contributed by atoms with Crippen LogP contribution in [0.25, 0.3) is 0 Å². The molecular formula is C22H23BrN2O. The summed E-state index contributed by atoms with van der Waals surface area (Å²) in [6.07, 6.45) is 2.80. The molecule has 1 aliphatic carbocycles. The van der Waals surface area contributed by atoms with Crippen molar-refractivity contribution < 1.29 is 4.79 Å². The molecule has 2 aromatic carbocycles. The second-order valence-electron chi connectivity index (χ2n) is 8.06. The van der Waals surface area contributed by atoms with E-state index in [4.69, 9.17) is 0 Å². The first kappa shape index (κ1) is 17.3. The summed E-state index contributed by atoms with van der Waals surface area (Å²) in [5.74, 6) is 0.0621. The normalized spacial score (nSPS) is 23.7. The molecule has 2 N–H and O–H groups in total. The van der Waals surface area contributed by atoms with E-state index in [-0.39, 0.29) is 23.2 Å². The van der Waals surface area contributed by atoms with Gasteiger partial charge in [-0.1, -0.05) is 54.1 Å². The molecular weight excluding hydrogens is 388 g/mol. The predicted octanol–water partition coefficient (Wildman–Crippen LogP) is 5.84. The number of anilines is 2. The average molecular weight is 411 g/mol. The number of hydrogen-bond acceptors (Lipinski definition) is 3. The first-order valence-electron chi connectivity index (χ1n) is 8.97. The van der Waals surface area contributed by atoms with Crippen LogP contribution in [-0.4, -0.2) is 5.78 Å². The Labute approximate surface area is 163 Å². The van der Waals surface area contributed by atoms with Gasteiger partial charge in [-0.05, 0) is 47.7 Å². The quantitative estimate of drug-likeness (QED) is 0.620. The molecule has 2 aliphatic rings. The molecule has 0 bridgehead atoms. The number of hydrogen-bond donors (Lipinski definition) is 2. The van der Waals surface area contributed by atoms with Crippen molar-refractivity contribution in [1.82, 2.24) is 0 Å². The second kappa shape index (κ2) is 6.27. The molecule has 2 atom stereocenters. The van der Waals surface area contributed by atoms with Crippen LogP contribution in [0.5, 0.6) is 0 Å². The van der Waals surface area contributed by atoms with Crippen LogP contribution < -0.4 is 10.6 Å². The van der Waals surface area contributed by atoms with Crippen molar-refractivity contribution >= 4 is 33.1 Å². The van der Waals surface area contributed by atoms with Gasteiger partial charge in [0.15, 0.2) is 0 Å². The Morgan fingerprint density at radius 2 is 1.92 bits per heavy atom. The van der Waals surface area contributed by atoms with Crippen molar-refractivity contribution in [2.24, 2.45) is 11.3 Å². The summed E-state index contributed by atoms with van der Waals surface area (Å²) in [5.41, 5.74) is 5.24. The zero-order valence-electron chi connectivity index (χ0n) is 15.3.